The minimum Gasteiger partial charge on any atom is -0.493 e. The molecule has 1 unspecified atom stereocenters. The highest BCUT2D eigenvalue weighted by Gasteiger charge is 2.24. The van der Waals surface area contributed by atoms with Gasteiger partial charge in [-0.05, 0) is 18.6 Å². The molecule has 6 nitrogen and oxygen atoms in total. The molecule has 1 aliphatic rings. The molecule has 0 spiro atoms. The molecule has 0 radical (unpaired) electrons. The molecule has 1 aromatic rings. The van der Waals surface area contributed by atoms with Crippen molar-refractivity contribution >= 4 is 5.91 Å². The fraction of sp³-hybridized carbons (Fsp3) is 0.562. The summed E-state index contributed by atoms with van der Waals surface area (Å²) < 4.78 is 16.4. The zero-order valence-electron chi connectivity index (χ0n) is 13.2. The van der Waals surface area contributed by atoms with E-state index in [0.717, 1.165) is 18.7 Å². The Morgan fingerprint density at radius 3 is 2.86 bits per heavy atom. The van der Waals surface area contributed by atoms with E-state index in [-0.39, 0.29) is 12.0 Å². The third-order valence-electron chi connectivity index (χ3n) is 3.54. The van der Waals surface area contributed by atoms with E-state index in [9.17, 15) is 4.79 Å². The maximum absolute atomic E-state index is 12.2. The van der Waals surface area contributed by atoms with Gasteiger partial charge < -0.3 is 24.4 Å². The van der Waals surface area contributed by atoms with Gasteiger partial charge in [0, 0.05) is 26.7 Å². The average molecular weight is 308 g/mol. The summed E-state index contributed by atoms with van der Waals surface area (Å²) in [5.74, 6) is 1.46. The standard InChI is InChI=1S/C16H24N2O4/c1-18(16(19)15-12-17-8-11-22-15)9-5-10-21-14-7-4-3-6-13(14)20-2/h3-4,6-7,15,17H,5,8-12H2,1-2H3. The lowest BCUT2D eigenvalue weighted by atomic mass is 10.2. The van der Waals surface area contributed by atoms with Crippen LogP contribution in [0.3, 0.4) is 0 Å². The first-order chi connectivity index (χ1) is 10.7. The third kappa shape index (κ3) is 4.61. The molecule has 2 rings (SSSR count). The molecule has 1 saturated heterocycles. The zero-order chi connectivity index (χ0) is 15.8. The normalized spacial score (nSPS) is 17.8. The van der Waals surface area contributed by atoms with Crippen molar-refractivity contribution in [3.05, 3.63) is 24.3 Å². The monoisotopic (exact) mass is 308 g/mol. The Hall–Kier alpha value is -1.79. The fourth-order valence-electron chi connectivity index (χ4n) is 2.30. The SMILES string of the molecule is COc1ccccc1OCCCN(C)C(=O)C1CNCCO1. The number of benzene rings is 1. The van der Waals surface area contributed by atoms with Gasteiger partial charge >= 0.3 is 0 Å². The number of morpholine rings is 1. The molecule has 0 aromatic heterocycles. The van der Waals surface area contributed by atoms with E-state index in [2.05, 4.69) is 5.32 Å². The van der Waals surface area contributed by atoms with Crippen LogP contribution in [0.2, 0.25) is 0 Å². The highest BCUT2D eigenvalue weighted by molar-refractivity contribution is 5.81. The van der Waals surface area contributed by atoms with Gasteiger partial charge in [0.1, 0.15) is 6.10 Å². The van der Waals surface area contributed by atoms with Gasteiger partial charge in [0.2, 0.25) is 0 Å². The Balaban J connectivity index is 1.70. The first-order valence-electron chi connectivity index (χ1n) is 7.55. The van der Waals surface area contributed by atoms with Gasteiger partial charge in [-0.25, -0.2) is 0 Å². The van der Waals surface area contributed by atoms with Gasteiger partial charge in [-0.2, -0.15) is 0 Å². The second kappa shape index (κ2) is 8.60. The summed E-state index contributed by atoms with van der Waals surface area (Å²) in [6.45, 7) is 3.14. The number of likely N-dealkylation sites (N-methyl/N-ethyl adjacent to an activating group) is 1. The van der Waals surface area contributed by atoms with Crippen molar-refractivity contribution in [1.29, 1.82) is 0 Å². The average Bonchev–Trinajstić information content (AvgIpc) is 2.59. The maximum atomic E-state index is 12.2. The number of nitrogens with zero attached hydrogens (tertiary/aromatic N) is 1. The lowest BCUT2D eigenvalue weighted by Gasteiger charge is -2.27. The molecular weight excluding hydrogens is 284 g/mol. The van der Waals surface area contributed by atoms with E-state index in [1.54, 1.807) is 19.1 Å². The maximum Gasteiger partial charge on any atom is 0.252 e. The fourth-order valence-corrected chi connectivity index (χ4v) is 2.30. The van der Waals surface area contributed by atoms with Crippen molar-refractivity contribution < 1.29 is 19.0 Å². The summed E-state index contributed by atoms with van der Waals surface area (Å²) in [5, 5.41) is 3.16. The van der Waals surface area contributed by atoms with Crippen LogP contribution in [0.4, 0.5) is 0 Å². The Labute approximate surface area is 131 Å². The van der Waals surface area contributed by atoms with Gasteiger partial charge in [-0.3, -0.25) is 4.79 Å². The van der Waals surface area contributed by atoms with Crippen LogP contribution in [0.15, 0.2) is 24.3 Å². The van der Waals surface area contributed by atoms with Gasteiger partial charge in [0.05, 0.1) is 20.3 Å². The van der Waals surface area contributed by atoms with Crippen LogP contribution in [0.25, 0.3) is 0 Å². The second-order valence-corrected chi connectivity index (χ2v) is 5.18. The Bertz CT molecular complexity index is 475. The molecule has 122 valence electrons. The van der Waals surface area contributed by atoms with E-state index in [1.807, 2.05) is 24.3 Å². The Morgan fingerprint density at radius 1 is 1.41 bits per heavy atom. The van der Waals surface area contributed by atoms with E-state index in [4.69, 9.17) is 14.2 Å². The second-order valence-electron chi connectivity index (χ2n) is 5.18. The molecule has 1 amide bonds. The summed E-state index contributed by atoms with van der Waals surface area (Å²) in [6.07, 6.45) is 0.384. The summed E-state index contributed by atoms with van der Waals surface area (Å²) in [4.78, 5) is 13.9. The van der Waals surface area contributed by atoms with Crippen molar-refractivity contribution in [2.24, 2.45) is 0 Å². The number of rotatable bonds is 7. The summed E-state index contributed by atoms with van der Waals surface area (Å²) in [5.41, 5.74) is 0. The molecule has 1 aromatic carbocycles. The number of hydrogen-bond donors (Lipinski definition) is 1. The number of hydrogen-bond acceptors (Lipinski definition) is 5. The predicted molar refractivity (Wildman–Crippen MR) is 83.4 cm³/mol. The highest BCUT2D eigenvalue weighted by Crippen LogP contribution is 2.25. The van der Waals surface area contributed by atoms with E-state index in [1.165, 1.54) is 0 Å². The van der Waals surface area contributed by atoms with Gasteiger partial charge in [0.25, 0.3) is 5.91 Å². The van der Waals surface area contributed by atoms with Crippen molar-refractivity contribution in [3.8, 4) is 11.5 Å². The van der Waals surface area contributed by atoms with Crippen LogP contribution in [0.5, 0.6) is 11.5 Å². The number of para-hydroxylation sites is 2. The highest BCUT2D eigenvalue weighted by atomic mass is 16.5. The van der Waals surface area contributed by atoms with Crippen LogP contribution in [-0.2, 0) is 9.53 Å². The number of carbonyl (C=O) groups is 1. The lowest BCUT2D eigenvalue weighted by Crippen LogP contribution is -2.48. The Kier molecular flexibility index (Phi) is 6.48. The molecule has 6 heteroatoms. The van der Waals surface area contributed by atoms with E-state index < -0.39 is 0 Å². The van der Waals surface area contributed by atoms with Crippen molar-refractivity contribution in [2.75, 3.05) is 47.0 Å². The van der Waals surface area contributed by atoms with Gasteiger partial charge in [-0.15, -0.1) is 0 Å². The molecule has 1 atom stereocenters. The van der Waals surface area contributed by atoms with Crippen molar-refractivity contribution in [3.63, 3.8) is 0 Å². The van der Waals surface area contributed by atoms with E-state index >= 15 is 0 Å². The topological polar surface area (TPSA) is 60.0 Å². The third-order valence-corrected chi connectivity index (χ3v) is 3.54. The number of methoxy groups -OCH3 is 1. The summed E-state index contributed by atoms with van der Waals surface area (Å²) in [6, 6.07) is 7.53. The quantitative estimate of drug-likeness (QED) is 0.759. The molecule has 1 N–H and O–H groups in total. The molecule has 0 aliphatic carbocycles. The molecule has 1 fully saturated rings. The minimum absolute atomic E-state index is 0.0180. The number of carbonyl (C=O) groups excluding carboxylic acids is 1. The first-order valence-corrected chi connectivity index (χ1v) is 7.55. The van der Waals surface area contributed by atoms with Crippen LogP contribution in [-0.4, -0.2) is 63.9 Å². The van der Waals surface area contributed by atoms with Crippen molar-refractivity contribution in [2.45, 2.75) is 12.5 Å². The molecule has 22 heavy (non-hydrogen) atoms. The smallest absolute Gasteiger partial charge is 0.252 e. The van der Waals surface area contributed by atoms with Crippen LogP contribution < -0.4 is 14.8 Å². The van der Waals surface area contributed by atoms with E-state index in [0.29, 0.717) is 32.1 Å². The summed E-state index contributed by atoms with van der Waals surface area (Å²) in [7, 11) is 3.41. The summed E-state index contributed by atoms with van der Waals surface area (Å²) >= 11 is 0. The molecule has 0 bridgehead atoms. The molecule has 0 saturated carbocycles. The Morgan fingerprint density at radius 2 is 2.18 bits per heavy atom. The molecule has 1 aliphatic heterocycles. The van der Waals surface area contributed by atoms with Gasteiger partial charge in [0.15, 0.2) is 11.5 Å². The van der Waals surface area contributed by atoms with Crippen molar-refractivity contribution in [1.82, 2.24) is 10.2 Å². The number of nitrogens with one attached hydrogen (secondary N) is 1. The number of amides is 1. The predicted octanol–water partition coefficient (Wildman–Crippen LogP) is 0.911. The lowest BCUT2D eigenvalue weighted by molar-refractivity contribution is -0.143. The van der Waals surface area contributed by atoms with Crippen LogP contribution in [0, 0.1) is 0 Å². The van der Waals surface area contributed by atoms with Crippen LogP contribution in [0.1, 0.15) is 6.42 Å². The first kappa shape index (κ1) is 16.6. The zero-order valence-corrected chi connectivity index (χ0v) is 13.2. The van der Waals surface area contributed by atoms with Gasteiger partial charge in [-0.1, -0.05) is 12.1 Å². The van der Waals surface area contributed by atoms with Crippen LogP contribution >= 0.6 is 0 Å². The minimum atomic E-state index is -0.367. The molecular formula is C16H24N2O4. The number of ether oxygens (including phenoxy) is 3. The largest absolute Gasteiger partial charge is 0.493 e. The molecule has 1 heterocycles.